The number of pyridine rings is 1. The molecule has 0 atom stereocenters. The Balaban J connectivity index is 1.40. The molecule has 1 aromatic heterocycles. The summed E-state index contributed by atoms with van der Waals surface area (Å²) in [6.07, 6.45) is -1.40. The zero-order valence-corrected chi connectivity index (χ0v) is 22.0. The van der Waals surface area contributed by atoms with Gasteiger partial charge in [-0.25, -0.2) is 4.39 Å². The Morgan fingerprint density at radius 3 is 2.29 bits per heavy atom. The lowest BCUT2D eigenvalue weighted by Gasteiger charge is -2.15. The smallest absolute Gasteiger partial charge is 0.493 e. The van der Waals surface area contributed by atoms with E-state index in [9.17, 15) is 27.2 Å². The lowest BCUT2D eigenvalue weighted by molar-refractivity contribution is -0.274. The van der Waals surface area contributed by atoms with Crippen molar-refractivity contribution < 1.29 is 41.4 Å². The predicted molar refractivity (Wildman–Crippen MR) is 144 cm³/mol. The van der Waals surface area contributed by atoms with Crippen LogP contribution in [0.1, 0.15) is 45.2 Å². The maximum atomic E-state index is 13.9. The zero-order valence-electron chi connectivity index (χ0n) is 22.0. The number of carbonyl (C=O) groups excluding carboxylic acids is 2. The van der Waals surface area contributed by atoms with E-state index >= 15 is 0 Å². The second-order valence-corrected chi connectivity index (χ2v) is 9.43. The number of hydrogen-bond acceptors (Lipinski definition) is 6. The molecule has 0 unspecified atom stereocenters. The van der Waals surface area contributed by atoms with Gasteiger partial charge in [-0.1, -0.05) is 12.1 Å². The van der Waals surface area contributed by atoms with E-state index in [0.29, 0.717) is 22.8 Å². The number of methoxy groups -OCH3 is 1. The fourth-order valence-corrected chi connectivity index (χ4v) is 4.24. The topological polar surface area (TPSA) is 113 Å². The highest BCUT2D eigenvalue weighted by molar-refractivity contribution is 6.09. The van der Waals surface area contributed by atoms with Crippen molar-refractivity contribution in [1.82, 2.24) is 4.98 Å². The molecule has 5 rings (SSSR count). The molecular weight excluding hydrogens is 558 g/mol. The van der Waals surface area contributed by atoms with Crippen molar-refractivity contribution in [3.05, 3.63) is 95.6 Å². The van der Waals surface area contributed by atoms with E-state index in [1.54, 1.807) is 24.3 Å². The van der Waals surface area contributed by atoms with Crippen LogP contribution in [0.15, 0.2) is 72.9 Å². The van der Waals surface area contributed by atoms with E-state index in [1.807, 2.05) is 6.07 Å². The van der Waals surface area contributed by atoms with Crippen LogP contribution in [0.5, 0.6) is 23.0 Å². The van der Waals surface area contributed by atoms with E-state index in [-0.39, 0.29) is 28.3 Å². The molecule has 0 saturated heterocycles. The third-order valence-corrected chi connectivity index (χ3v) is 6.42. The number of amides is 2. The first-order chi connectivity index (χ1) is 20.0. The molecule has 42 heavy (non-hydrogen) atoms. The number of halogens is 4. The molecule has 1 heterocycles. The van der Waals surface area contributed by atoms with Gasteiger partial charge >= 0.3 is 6.36 Å². The number of primary amides is 1. The Kier molecular flexibility index (Phi) is 7.70. The monoisotopic (exact) mass is 581 g/mol. The normalized spacial score (nSPS) is 12.9. The average Bonchev–Trinajstić information content (AvgIpc) is 3.80. The highest BCUT2D eigenvalue weighted by Gasteiger charge is 2.31. The van der Waals surface area contributed by atoms with Crippen LogP contribution >= 0.6 is 0 Å². The minimum Gasteiger partial charge on any atom is -0.493 e. The van der Waals surface area contributed by atoms with Gasteiger partial charge in [0.2, 0.25) is 0 Å². The van der Waals surface area contributed by atoms with Gasteiger partial charge in [-0.05, 0) is 72.5 Å². The fraction of sp³-hybridized carbons (Fsp3) is 0.167. The van der Waals surface area contributed by atoms with Crippen molar-refractivity contribution in [1.29, 1.82) is 0 Å². The second-order valence-electron chi connectivity index (χ2n) is 9.43. The summed E-state index contributed by atoms with van der Waals surface area (Å²) in [5.41, 5.74) is 7.36. The van der Waals surface area contributed by atoms with E-state index in [0.717, 1.165) is 42.8 Å². The lowest BCUT2D eigenvalue weighted by atomic mass is 9.99. The standard InChI is InChI=1S/C30H23F4N3O5/c1-40-27-13-20(42-30(32,33)34)9-11-26(27)41-19-7-4-16(5-8-19)21-14-25(17-2-3-17)36-15-23(21)29(39)37-18-6-10-24(31)22(12-18)28(35)38/h4-15,17H,2-3H2,1H3,(H2,35,38)(H,37,39). The van der Waals surface area contributed by atoms with E-state index < -0.39 is 29.7 Å². The number of hydrogen-bond donors (Lipinski definition) is 2. The molecule has 4 aromatic rings. The van der Waals surface area contributed by atoms with E-state index in [4.69, 9.17) is 15.2 Å². The Morgan fingerprint density at radius 1 is 0.929 bits per heavy atom. The van der Waals surface area contributed by atoms with Gasteiger partial charge in [0.15, 0.2) is 11.5 Å². The molecule has 3 N–H and O–H groups in total. The highest BCUT2D eigenvalue weighted by Crippen LogP contribution is 2.41. The molecule has 0 aliphatic heterocycles. The van der Waals surface area contributed by atoms with Crippen molar-refractivity contribution in [2.45, 2.75) is 25.1 Å². The van der Waals surface area contributed by atoms with E-state index in [2.05, 4.69) is 15.0 Å². The number of nitrogens with two attached hydrogens (primary N) is 1. The number of ether oxygens (including phenoxy) is 3. The quantitative estimate of drug-likeness (QED) is 0.210. The minimum atomic E-state index is -4.85. The molecular formula is C30H23F4N3O5. The number of anilines is 1. The highest BCUT2D eigenvalue weighted by atomic mass is 19.4. The van der Waals surface area contributed by atoms with Gasteiger partial charge in [0, 0.05) is 29.6 Å². The van der Waals surface area contributed by atoms with Crippen molar-refractivity contribution in [3.8, 4) is 34.1 Å². The van der Waals surface area contributed by atoms with Crippen LogP contribution in [0.4, 0.5) is 23.2 Å². The maximum Gasteiger partial charge on any atom is 0.573 e. The van der Waals surface area contributed by atoms with Crippen molar-refractivity contribution in [3.63, 3.8) is 0 Å². The number of nitrogens with zero attached hydrogens (tertiary/aromatic N) is 1. The summed E-state index contributed by atoms with van der Waals surface area (Å²) in [4.78, 5) is 29.3. The van der Waals surface area contributed by atoms with Crippen molar-refractivity contribution >= 4 is 17.5 Å². The van der Waals surface area contributed by atoms with Crippen molar-refractivity contribution in [2.75, 3.05) is 12.4 Å². The zero-order chi connectivity index (χ0) is 30.0. The summed E-state index contributed by atoms with van der Waals surface area (Å²) in [7, 11) is 1.29. The second kappa shape index (κ2) is 11.4. The van der Waals surface area contributed by atoms with Crippen LogP contribution in [0.2, 0.25) is 0 Å². The molecule has 12 heteroatoms. The van der Waals surface area contributed by atoms with Gasteiger partial charge in [-0.15, -0.1) is 13.2 Å². The molecule has 0 radical (unpaired) electrons. The molecule has 1 aliphatic carbocycles. The van der Waals surface area contributed by atoms with Gasteiger partial charge in [-0.3, -0.25) is 14.6 Å². The van der Waals surface area contributed by atoms with Crippen LogP contribution in [-0.4, -0.2) is 30.3 Å². The Labute approximate surface area is 237 Å². The average molecular weight is 582 g/mol. The first kappa shape index (κ1) is 28.4. The number of rotatable bonds is 9. The molecule has 216 valence electrons. The lowest BCUT2D eigenvalue weighted by Crippen LogP contribution is -2.17. The predicted octanol–water partition coefficient (Wildman–Crippen LogP) is 6.82. The minimum absolute atomic E-state index is 0.0308. The summed E-state index contributed by atoms with van der Waals surface area (Å²) in [5, 5.41) is 2.66. The first-order valence-electron chi connectivity index (χ1n) is 12.6. The Morgan fingerprint density at radius 2 is 1.64 bits per heavy atom. The number of nitrogens with one attached hydrogen (secondary N) is 1. The Hall–Kier alpha value is -5.13. The van der Waals surface area contributed by atoms with Crippen LogP contribution in [0.3, 0.4) is 0 Å². The largest absolute Gasteiger partial charge is 0.573 e. The summed E-state index contributed by atoms with van der Waals surface area (Å²) in [6, 6.07) is 15.5. The van der Waals surface area contributed by atoms with Gasteiger partial charge in [0.1, 0.15) is 17.3 Å². The summed E-state index contributed by atoms with van der Waals surface area (Å²) < 4.78 is 66.5. The summed E-state index contributed by atoms with van der Waals surface area (Å²) in [6.45, 7) is 0. The number of carbonyl (C=O) groups is 2. The number of benzene rings is 3. The van der Waals surface area contributed by atoms with Crippen LogP contribution in [0.25, 0.3) is 11.1 Å². The number of aromatic nitrogens is 1. The SMILES string of the molecule is COc1cc(OC(F)(F)F)ccc1Oc1ccc(-c2cc(C3CC3)ncc2C(=O)Nc2ccc(F)c(C(N)=O)c2)cc1. The molecule has 0 spiro atoms. The van der Waals surface area contributed by atoms with E-state index in [1.165, 1.54) is 25.4 Å². The first-order valence-corrected chi connectivity index (χ1v) is 12.6. The molecule has 8 nitrogen and oxygen atoms in total. The fourth-order valence-electron chi connectivity index (χ4n) is 4.24. The molecule has 1 aliphatic rings. The summed E-state index contributed by atoms with van der Waals surface area (Å²) in [5.74, 6) is -1.91. The van der Waals surface area contributed by atoms with Crippen LogP contribution < -0.4 is 25.3 Å². The molecule has 2 amide bonds. The van der Waals surface area contributed by atoms with Crippen LogP contribution in [-0.2, 0) is 0 Å². The van der Waals surface area contributed by atoms with Crippen LogP contribution in [0, 0.1) is 5.82 Å². The van der Waals surface area contributed by atoms with Gasteiger partial charge < -0.3 is 25.3 Å². The number of alkyl halides is 3. The van der Waals surface area contributed by atoms with Gasteiger partial charge in [-0.2, -0.15) is 0 Å². The third kappa shape index (κ3) is 6.60. The molecule has 1 fully saturated rings. The Bertz CT molecular complexity index is 1650. The maximum absolute atomic E-state index is 13.9. The van der Waals surface area contributed by atoms with Gasteiger partial charge in [0.05, 0.1) is 18.2 Å². The summed E-state index contributed by atoms with van der Waals surface area (Å²) >= 11 is 0. The third-order valence-electron chi connectivity index (χ3n) is 6.42. The van der Waals surface area contributed by atoms with Gasteiger partial charge in [0.25, 0.3) is 11.8 Å². The molecule has 0 bridgehead atoms. The van der Waals surface area contributed by atoms with Crippen molar-refractivity contribution in [2.24, 2.45) is 5.73 Å². The molecule has 1 saturated carbocycles. The molecule has 3 aromatic carbocycles.